The van der Waals surface area contributed by atoms with Crippen LogP contribution in [-0.4, -0.2) is 48.7 Å². The van der Waals surface area contributed by atoms with Gasteiger partial charge in [-0.25, -0.2) is 0 Å². The molecule has 3 rings (SSSR count). The summed E-state index contributed by atoms with van der Waals surface area (Å²) in [7, 11) is 1.57. The molecule has 1 fully saturated rings. The first-order valence-corrected chi connectivity index (χ1v) is 8.88. The van der Waals surface area contributed by atoms with Crippen LogP contribution in [0.1, 0.15) is 11.5 Å². The van der Waals surface area contributed by atoms with Gasteiger partial charge >= 0.3 is 5.97 Å². The Morgan fingerprint density at radius 3 is 2.30 bits per heavy atom. The molecular weight excluding hydrogens is 370 g/mol. The molecule has 6 nitrogen and oxygen atoms in total. The highest BCUT2D eigenvalue weighted by atomic mass is 35.5. The minimum atomic E-state index is -0.915. The van der Waals surface area contributed by atoms with Crippen molar-refractivity contribution in [1.82, 2.24) is 4.90 Å². The third-order valence-corrected chi connectivity index (χ3v) is 4.96. The first-order chi connectivity index (χ1) is 13.0. The highest BCUT2D eigenvalue weighted by Gasteiger charge is 2.40. The fourth-order valence-electron chi connectivity index (χ4n) is 3.21. The Labute approximate surface area is 162 Å². The van der Waals surface area contributed by atoms with E-state index < -0.39 is 11.9 Å². The van der Waals surface area contributed by atoms with Gasteiger partial charge in [-0.3, -0.25) is 9.59 Å². The molecule has 0 aliphatic carbocycles. The van der Waals surface area contributed by atoms with Crippen molar-refractivity contribution in [3.05, 3.63) is 59.1 Å². The van der Waals surface area contributed by atoms with Gasteiger partial charge in [0.05, 0.1) is 13.0 Å². The second-order valence-electron chi connectivity index (χ2n) is 6.37. The zero-order valence-corrected chi connectivity index (χ0v) is 15.6. The molecule has 1 N–H and O–H groups in total. The van der Waals surface area contributed by atoms with Gasteiger partial charge in [0.15, 0.2) is 6.61 Å². The zero-order chi connectivity index (χ0) is 19.4. The second kappa shape index (κ2) is 8.31. The van der Waals surface area contributed by atoms with E-state index in [1.54, 1.807) is 48.4 Å². The first-order valence-electron chi connectivity index (χ1n) is 8.51. The van der Waals surface area contributed by atoms with Gasteiger partial charge in [0.2, 0.25) is 0 Å². The molecule has 1 aliphatic heterocycles. The molecule has 2 aromatic carbocycles. The second-order valence-corrected chi connectivity index (χ2v) is 6.80. The topological polar surface area (TPSA) is 76.1 Å². The van der Waals surface area contributed by atoms with Crippen LogP contribution in [-0.2, 0) is 9.59 Å². The van der Waals surface area contributed by atoms with Crippen LogP contribution in [0.5, 0.6) is 11.5 Å². The van der Waals surface area contributed by atoms with Crippen molar-refractivity contribution >= 4 is 23.5 Å². The van der Waals surface area contributed by atoms with E-state index in [1.807, 2.05) is 12.1 Å². The molecule has 1 aliphatic rings. The predicted octanol–water partition coefficient (Wildman–Crippen LogP) is 3.05. The van der Waals surface area contributed by atoms with Crippen molar-refractivity contribution in [3.8, 4) is 11.5 Å². The Balaban J connectivity index is 1.64. The number of halogens is 1. The van der Waals surface area contributed by atoms with Gasteiger partial charge in [0.25, 0.3) is 5.91 Å². The fraction of sp³-hybridized carbons (Fsp3) is 0.300. The molecule has 0 bridgehead atoms. The number of ether oxygens (including phenoxy) is 2. The number of rotatable bonds is 6. The van der Waals surface area contributed by atoms with Crippen LogP contribution in [0, 0.1) is 5.92 Å². The van der Waals surface area contributed by atoms with E-state index in [-0.39, 0.29) is 25.0 Å². The lowest BCUT2D eigenvalue weighted by Crippen LogP contribution is -2.33. The Morgan fingerprint density at radius 1 is 1.07 bits per heavy atom. The van der Waals surface area contributed by atoms with Crippen molar-refractivity contribution in [1.29, 1.82) is 0 Å². The average Bonchev–Trinajstić information content (AvgIpc) is 3.13. The summed E-state index contributed by atoms with van der Waals surface area (Å²) in [6.45, 7) is 0.350. The van der Waals surface area contributed by atoms with Crippen molar-refractivity contribution in [2.45, 2.75) is 5.92 Å². The number of carboxylic acid groups (broad SMARTS) is 1. The minimum absolute atomic E-state index is 0.147. The van der Waals surface area contributed by atoms with Crippen molar-refractivity contribution in [3.63, 3.8) is 0 Å². The van der Waals surface area contributed by atoms with Gasteiger partial charge < -0.3 is 19.5 Å². The number of carbonyl (C=O) groups excluding carboxylic acids is 1. The largest absolute Gasteiger partial charge is 0.497 e. The van der Waals surface area contributed by atoms with Crippen molar-refractivity contribution in [2.75, 3.05) is 26.8 Å². The minimum Gasteiger partial charge on any atom is -0.497 e. The number of nitrogens with zero attached hydrogens (tertiary/aromatic N) is 1. The summed E-state index contributed by atoms with van der Waals surface area (Å²) in [5.74, 6) is -0.841. The van der Waals surface area contributed by atoms with Crippen LogP contribution in [0.2, 0.25) is 5.02 Å². The van der Waals surface area contributed by atoms with Crippen LogP contribution >= 0.6 is 11.6 Å². The zero-order valence-electron chi connectivity index (χ0n) is 14.8. The Morgan fingerprint density at radius 2 is 1.70 bits per heavy atom. The van der Waals surface area contributed by atoms with Crippen LogP contribution in [0.3, 0.4) is 0 Å². The van der Waals surface area contributed by atoms with Gasteiger partial charge in [-0.15, -0.1) is 0 Å². The molecule has 7 heteroatoms. The lowest BCUT2D eigenvalue weighted by atomic mass is 9.89. The van der Waals surface area contributed by atoms with Crippen LogP contribution < -0.4 is 9.47 Å². The number of carboxylic acids is 1. The monoisotopic (exact) mass is 389 g/mol. The maximum atomic E-state index is 12.5. The average molecular weight is 390 g/mol. The number of benzene rings is 2. The highest BCUT2D eigenvalue weighted by molar-refractivity contribution is 6.30. The van der Waals surface area contributed by atoms with Crippen molar-refractivity contribution < 1.29 is 24.2 Å². The summed E-state index contributed by atoms with van der Waals surface area (Å²) in [6, 6.07) is 14.0. The highest BCUT2D eigenvalue weighted by Crippen LogP contribution is 2.33. The lowest BCUT2D eigenvalue weighted by Gasteiger charge is -2.17. The molecule has 142 valence electrons. The van der Waals surface area contributed by atoms with Gasteiger partial charge in [-0.05, 0) is 42.0 Å². The quantitative estimate of drug-likeness (QED) is 0.821. The third-order valence-electron chi connectivity index (χ3n) is 4.71. The number of amides is 1. The smallest absolute Gasteiger partial charge is 0.308 e. The normalized spacial score (nSPS) is 19.0. The SMILES string of the molecule is COc1ccc(OCC(=O)N2C[C@@H](C(=O)O)[C@H](c3ccc(Cl)cc3)C2)cc1. The standard InChI is InChI=1S/C20H20ClNO5/c1-26-15-6-8-16(9-7-15)27-12-19(23)22-10-17(18(11-22)20(24)25)13-2-4-14(21)5-3-13/h2-9,17-18H,10-12H2,1H3,(H,24,25)/t17-,18+/m0/s1. The molecule has 1 heterocycles. The summed E-state index contributed by atoms with van der Waals surface area (Å²) in [5, 5.41) is 10.1. The van der Waals surface area contributed by atoms with Crippen LogP contribution in [0.15, 0.2) is 48.5 Å². The van der Waals surface area contributed by atoms with E-state index >= 15 is 0 Å². The van der Waals surface area contributed by atoms with Gasteiger partial charge in [0.1, 0.15) is 11.5 Å². The maximum absolute atomic E-state index is 12.5. The maximum Gasteiger partial charge on any atom is 0.308 e. The summed E-state index contributed by atoms with van der Waals surface area (Å²) in [4.78, 5) is 25.7. The summed E-state index contributed by atoms with van der Waals surface area (Å²) < 4.78 is 10.6. The Kier molecular flexibility index (Phi) is 5.86. The Bertz CT molecular complexity index is 806. The molecule has 27 heavy (non-hydrogen) atoms. The molecule has 0 unspecified atom stereocenters. The lowest BCUT2D eigenvalue weighted by molar-refractivity contribution is -0.142. The van der Waals surface area contributed by atoms with Crippen molar-refractivity contribution in [2.24, 2.45) is 5.92 Å². The number of methoxy groups -OCH3 is 1. The molecule has 0 radical (unpaired) electrons. The van der Waals surface area contributed by atoms with E-state index in [2.05, 4.69) is 0 Å². The van der Waals surface area contributed by atoms with E-state index in [0.29, 0.717) is 23.1 Å². The van der Waals surface area contributed by atoms with Crippen LogP contribution in [0.25, 0.3) is 0 Å². The molecule has 0 aromatic heterocycles. The number of carbonyl (C=O) groups is 2. The van der Waals surface area contributed by atoms with E-state index in [1.165, 1.54) is 0 Å². The Hall–Kier alpha value is -2.73. The first kappa shape index (κ1) is 19.0. The number of aliphatic carboxylic acids is 1. The third kappa shape index (κ3) is 4.52. The summed E-state index contributed by atoms with van der Waals surface area (Å²) in [5.41, 5.74) is 0.859. The number of hydrogen-bond acceptors (Lipinski definition) is 4. The molecular formula is C20H20ClNO5. The van der Waals surface area contributed by atoms with Gasteiger partial charge in [-0.2, -0.15) is 0 Å². The predicted molar refractivity (Wildman–Crippen MR) is 100 cm³/mol. The molecule has 1 saturated heterocycles. The summed E-state index contributed by atoms with van der Waals surface area (Å²) >= 11 is 5.91. The molecule has 0 spiro atoms. The molecule has 0 saturated carbocycles. The fourth-order valence-corrected chi connectivity index (χ4v) is 3.34. The van der Waals surface area contributed by atoms with E-state index in [9.17, 15) is 14.7 Å². The van der Waals surface area contributed by atoms with Crippen LogP contribution in [0.4, 0.5) is 0 Å². The molecule has 2 aromatic rings. The summed E-state index contributed by atoms with van der Waals surface area (Å²) in [6.07, 6.45) is 0. The molecule has 2 atom stereocenters. The number of hydrogen-bond donors (Lipinski definition) is 1. The number of likely N-dealkylation sites (tertiary alicyclic amines) is 1. The molecule has 1 amide bonds. The van der Waals surface area contributed by atoms with E-state index in [4.69, 9.17) is 21.1 Å². The van der Waals surface area contributed by atoms with Gasteiger partial charge in [0, 0.05) is 24.0 Å². The van der Waals surface area contributed by atoms with E-state index in [0.717, 1.165) is 5.56 Å². The van der Waals surface area contributed by atoms with Gasteiger partial charge in [-0.1, -0.05) is 23.7 Å².